The number of hydrogen-bond acceptors (Lipinski definition) is 3. The van der Waals surface area contributed by atoms with E-state index in [0.29, 0.717) is 17.1 Å². The Kier molecular flexibility index (Phi) is 6.19. The second-order valence-corrected chi connectivity index (χ2v) is 7.48. The van der Waals surface area contributed by atoms with Crippen molar-refractivity contribution in [3.8, 4) is 0 Å². The Labute approximate surface area is 170 Å². The number of halogens is 2. The van der Waals surface area contributed by atoms with E-state index in [4.69, 9.17) is 16.3 Å². The number of benzene rings is 2. The van der Waals surface area contributed by atoms with Crippen LogP contribution in [-0.4, -0.2) is 23.5 Å². The molecule has 0 aliphatic rings. The third kappa shape index (κ3) is 5.11. The summed E-state index contributed by atoms with van der Waals surface area (Å²) in [6.45, 7) is 0.962. The summed E-state index contributed by atoms with van der Waals surface area (Å²) in [5.41, 5.74) is 3.69. The molecule has 1 heterocycles. The molecule has 2 aromatic carbocycles. The third-order valence-electron chi connectivity index (χ3n) is 4.09. The lowest BCUT2D eigenvalue weighted by Crippen LogP contribution is -2.20. The average Bonchev–Trinajstić information content (AvgIpc) is 2.96. The van der Waals surface area contributed by atoms with Crippen LogP contribution in [0.5, 0.6) is 0 Å². The van der Waals surface area contributed by atoms with Gasteiger partial charge in [0, 0.05) is 33.0 Å². The SMILES string of the molecule is CC(=O)OCC(=O)Nc1c(CCc2ccc(Cl)cc2)[nH]c2cc(Br)ccc12. The number of rotatable bonds is 6. The summed E-state index contributed by atoms with van der Waals surface area (Å²) in [5, 5.41) is 4.47. The molecule has 2 N–H and O–H groups in total. The maximum atomic E-state index is 12.2. The van der Waals surface area contributed by atoms with Crippen molar-refractivity contribution >= 4 is 56.0 Å². The molecule has 0 saturated carbocycles. The first-order chi connectivity index (χ1) is 12.9. The Morgan fingerprint density at radius 3 is 2.59 bits per heavy atom. The van der Waals surface area contributed by atoms with Crippen LogP contribution in [0.4, 0.5) is 5.69 Å². The molecule has 27 heavy (non-hydrogen) atoms. The van der Waals surface area contributed by atoms with Gasteiger partial charge in [-0.3, -0.25) is 9.59 Å². The van der Waals surface area contributed by atoms with E-state index in [-0.39, 0.29) is 12.5 Å². The third-order valence-corrected chi connectivity index (χ3v) is 4.83. The Morgan fingerprint density at radius 1 is 1.15 bits per heavy atom. The number of H-pyrrole nitrogens is 1. The molecule has 3 aromatic rings. The second kappa shape index (κ2) is 8.59. The lowest BCUT2D eigenvalue weighted by Gasteiger charge is -2.08. The molecule has 5 nitrogen and oxygen atoms in total. The maximum absolute atomic E-state index is 12.2. The van der Waals surface area contributed by atoms with E-state index in [2.05, 4.69) is 26.2 Å². The van der Waals surface area contributed by atoms with Crippen molar-refractivity contribution in [2.45, 2.75) is 19.8 Å². The highest BCUT2D eigenvalue weighted by Gasteiger charge is 2.15. The minimum absolute atomic E-state index is 0.310. The monoisotopic (exact) mass is 448 g/mol. The zero-order valence-electron chi connectivity index (χ0n) is 14.6. The van der Waals surface area contributed by atoms with Gasteiger partial charge in [-0.15, -0.1) is 0 Å². The Morgan fingerprint density at radius 2 is 1.89 bits per heavy atom. The van der Waals surface area contributed by atoms with E-state index < -0.39 is 5.97 Å². The number of carbonyl (C=O) groups excluding carboxylic acids is 2. The van der Waals surface area contributed by atoms with Crippen LogP contribution in [0.25, 0.3) is 10.9 Å². The second-order valence-electron chi connectivity index (χ2n) is 6.12. The lowest BCUT2D eigenvalue weighted by atomic mass is 10.1. The normalized spacial score (nSPS) is 10.8. The molecule has 0 aliphatic heterocycles. The van der Waals surface area contributed by atoms with Crippen molar-refractivity contribution < 1.29 is 14.3 Å². The fraction of sp³-hybridized carbons (Fsp3) is 0.200. The van der Waals surface area contributed by atoms with Crippen LogP contribution in [-0.2, 0) is 27.2 Å². The summed E-state index contributed by atoms with van der Waals surface area (Å²) >= 11 is 9.40. The first-order valence-corrected chi connectivity index (χ1v) is 9.57. The molecule has 1 aromatic heterocycles. The zero-order chi connectivity index (χ0) is 19.4. The van der Waals surface area contributed by atoms with Crippen LogP contribution < -0.4 is 5.32 Å². The standard InChI is InChI=1S/C20H18BrClN2O3/c1-12(25)27-11-19(26)24-20-16-8-5-14(21)10-18(16)23-17(20)9-4-13-2-6-15(22)7-3-13/h2-3,5-8,10,23H,4,9,11H2,1H3,(H,24,26). The molecular weight excluding hydrogens is 432 g/mol. The summed E-state index contributed by atoms with van der Waals surface area (Å²) in [4.78, 5) is 26.5. The average molecular weight is 450 g/mol. The van der Waals surface area contributed by atoms with E-state index >= 15 is 0 Å². The maximum Gasteiger partial charge on any atom is 0.303 e. The van der Waals surface area contributed by atoms with Crippen molar-refractivity contribution in [1.29, 1.82) is 0 Å². The smallest absolute Gasteiger partial charge is 0.303 e. The molecule has 0 aliphatic carbocycles. The number of aromatic nitrogens is 1. The van der Waals surface area contributed by atoms with Gasteiger partial charge < -0.3 is 15.0 Å². The van der Waals surface area contributed by atoms with Crippen molar-refractivity contribution in [1.82, 2.24) is 4.98 Å². The minimum Gasteiger partial charge on any atom is -0.456 e. The van der Waals surface area contributed by atoms with Gasteiger partial charge >= 0.3 is 5.97 Å². The number of esters is 1. The van der Waals surface area contributed by atoms with Crippen molar-refractivity contribution in [2.75, 3.05) is 11.9 Å². The van der Waals surface area contributed by atoms with Crippen molar-refractivity contribution in [3.63, 3.8) is 0 Å². The number of ether oxygens (including phenoxy) is 1. The summed E-state index contributed by atoms with van der Waals surface area (Å²) < 4.78 is 5.73. The summed E-state index contributed by atoms with van der Waals surface area (Å²) in [6.07, 6.45) is 1.50. The van der Waals surface area contributed by atoms with Gasteiger partial charge in [-0.2, -0.15) is 0 Å². The summed E-state index contributed by atoms with van der Waals surface area (Å²) in [6, 6.07) is 13.5. The van der Waals surface area contributed by atoms with Gasteiger partial charge in [0.1, 0.15) is 0 Å². The highest BCUT2D eigenvalue weighted by Crippen LogP contribution is 2.31. The predicted octanol–water partition coefficient (Wildman–Crippen LogP) is 4.87. The van der Waals surface area contributed by atoms with E-state index in [1.54, 1.807) is 0 Å². The van der Waals surface area contributed by atoms with Gasteiger partial charge in [0.15, 0.2) is 6.61 Å². The van der Waals surface area contributed by atoms with Gasteiger partial charge in [0.05, 0.1) is 5.69 Å². The molecule has 140 valence electrons. The lowest BCUT2D eigenvalue weighted by molar-refractivity contribution is -0.144. The molecule has 3 rings (SSSR count). The van der Waals surface area contributed by atoms with Crippen LogP contribution in [0.15, 0.2) is 46.9 Å². The number of nitrogens with one attached hydrogen (secondary N) is 2. The molecule has 7 heteroatoms. The van der Waals surface area contributed by atoms with E-state index in [1.165, 1.54) is 6.92 Å². The van der Waals surface area contributed by atoms with Crippen LogP contribution in [0.2, 0.25) is 5.02 Å². The Hall–Kier alpha value is -2.31. The van der Waals surface area contributed by atoms with Crippen LogP contribution in [0.3, 0.4) is 0 Å². The van der Waals surface area contributed by atoms with Gasteiger partial charge in [0.2, 0.25) is 0 Å². The summed E-state index contributed by atoms with van der Waals surface area (Å²) in [7, 11) is 0. The first-order valence-electron chi connectivity index (χ1n) is 8.40. The molecule has 0 spiro atoms. The topological polar surface area (TPSA) is 71.2 Å². The molecule has 0 unspecified atom stereocenters. The van der Waals surface area contributed by atoms with E-state index in [0.717, 1.165) is 33.1 Å². The quantitative estimate of drug-likeness (QED) is 0.527. The molecule has 1 amide bonds. The van der Waals surface area contributed by atoms with Crippen LogP contribution in [0.1, 0.15) is 18.2 Å². The number of aryl methyl sites for hydroxylation is 2. The molecule has 0 saturated heterocycles. The minimum atomic E-state index is -0.490. The molecule has 0 radical (unpaired) electrons. The summed E-state index contributed by atoms with van der Waals surface area (Å²) in [5.74, 6) is -0.863. The largest absolute Gasteiger partial charge is 0.456 e. The Bertz CT molecular complexity index is 983. The molecule has 0 atom stereocenters. The van der Waals surface area contributed by atoms with Gasteiger partial charge in [-0.05, 0) is 48.7 Å². The predicted molar refractivity (Wildman–Crippen MR) is 110 cm³/mol. The number of fused-ring (bicyclic) bond motifs is 1. The van der Waals surface area contributed by atoms with E-state index in [9.17, 15) is 9.59 Å². The van der Waals surface area contributed by atoms with Gasteiger partial charge in [-0.25, -0.2) is 0 Å². The van der Waals surface area contributed by atoms with Crippen molar-refractivity contribution in [2.24, 2.45) is 0 Å². The van der Waals surface area contributed by atoms with Crippen LogP contribution >= 0.6 is 27.5 Å². The molecular formula is C20H18BrClN2O3. The van der Waals surface area contributed by atoms with Crippen molar-refractivity contribution in [3.05, 3.63) is 63.2 Å². The number of amides is 1. The first kappa shape index (κ1) is 19.5. The number of aromatic amines is 1. The number of hydrogen-bond donors (Lipinski definition) is 2. The fourth-order valence-electron chi connectivity index (χ4n) is 2.82. The van der Waals surface area contributed by atoms with E-state index in [1.807, 2.05) is 42.5 Å². The highest BCUT2D eigenvalue weighted by molar-refractivity contribution is 9.10. The van der Waals surface area contributed by atoms with Crippen LogP contribution in [0, 0.1) is 0 Å². The Balaban J connectivity index is 1.84. The fourth-order valence-corrected chi connectivity index (χ4v) is 3.31. The molecule has 0 bridgehead atoms. The number of anilines is 1. The molecule has 0 fully saturated rings. The number of carbonyl (C=O) groups is 2. The van der Waals surface area contributed by atoms with Gasteiger partial charge in [0.25, 0.3) is 5.91 Å². The highest BCUT2D eigenvalue weighted by atomic mass is 79.9. The van der Waals surface area contributed by atoms with Gasteiger partial charge in [-0.1, -0.05) is 39.7 Å². The zero-order valence-corrected chi connectivity index (χ0v) is 17.0.